The molecule has 1 aliphatic heterocycles. The van der Waals surface area contributed by atoms with Crippen LogP contribution in [0.1, 0.15) is 24.4 Å². The van der Waals surface area contributed by atoms with E-state index < -0.39 is 36.5 Å². The predicted octanol–water partition coefficient (Wildman–Crippen LogP) is 4.82. The first kappa shape index (κ1) is 25.4. The third kappa shape index (κ3) is 4.99. The summed E-state index contributed by atoms with van der Waals surface area (Å²) in [5, 5.41) is 4.30. The van der Waals surface area contributed by atoms with Crippen molar-refractivity contribution in [3.05, 3.63) is 42.2 Å². The minimum absolute atomic E-state index is 0.0864. The molecule has 0 aromatic carbocycles. The van der Waals surface area contributed by atoms with Crippen LogP contribution in [-0.2, 0) is 12.6 Å². The molecule has 1 saturated heterocycles. The molecule has 1 aliphatic carbocycles. The first-order chi connectivity index (χ1) is 17.3. The van der Waals surface area contributed by atoms with E-state index in [-0.39, 0.29) is 23.4 Å². The van der Waals surface area contributed by atoms with E-state index in [9.17, 15) is 35.1 Å². The Morgan fingerprint density at radius 1 is 0.946 bits per heavy atom. The monoisotopic (exact) mass is 536 g/mol. The Bertz CT molecular complexity index is 1260. The van der Waals surface area contributed by atoms with E-state index in [2.05, 4.69) is 24.8 Å². The van der Waals surface area contributed by atoms with E-state index in [1.807, 2.05) is 4.90 Å². The topological polar surface area (TPSA) is 68.4 Å². The SMILES string of the molecule is FC(F)(F)c1cc(N2C[C@H]3CC[C@@H](C2)C3Cc2nc3c(OCC(F)(F)C(F)(F)F)nccn3n2)ccn1. The van der Waals surface area contributed by atoms with Crippen molar-refractivity contribution in [1.82, 2.24) is 24.6 Å². The lowest BCUT2D eigenvalue weighted by molar-refractivity contribution is -0.290. The molecule has 15 heteroatoms. The summed E-state index contributed by atoms with van der Waals surface area (Å²) in [7, 11) is 0. The Hall–Kier alpha value is -3.26. The number of rotatable bonds is 6. The van der Waals surface area contributed by atoms with E-state index in [1.54, 1.807) is 6.07 Å². The Balaban J connectivity index is 1.29. The van der Waals surface area contributed by atoms with Crippen LogP contribution in [0.3, 0.4) is 0 Å². The molecule has 2 bridgehead atoms. The summed E-state index contributed by atoms with van der Waals surface area (Å²) in [6.45, 7) is -0.865. The summed E-state index contributed by atoms with van der Waals surface area (Å²) in [5.41, 5.74) is -0.586. The van der Waals surface area contributed by atoms with Crippen molar-refractivity contribution < 1.29 is 39.9 Å². The van der Waals surface area contributed by atoms with Gasteiger partial charge in [-0.05, 0) is 42.7 Å². The summed E-state index contributed by atoms with van der Waals surface area (Å²) >= 11 is 0. The molecule has 5 rings (SSSR count). The summed E-state index contributed by atoms with van der Waals surface area (Å²) in [4.78, 5) is 13.3. The summed E-state index contributed by atoms with van der Waals surface area (Å²) in [5.74, 6) is -4.77. The second-order valence-electron chi connectivity index (χ2n) is 9.29. The van der Waals surface area contributed by atoms with Gasteiger partial charge in [-0.3, -0.25) is 4.98 Å². The third-order valence-electron chi connectivity index (χ3n) is 6.92. The van der Waals surface area contributed by atoms with Crippen molar-refractivity contribution >= 4 is 11.3 Å². The molecule has 1 unspecified atom stereocenters. The fraction of sp³-hybridized carbons (Fsp3) is 0.545. The highest BCUT2D eigenvalue weighted by molar-refractivity contribution is 5.49. The molecule has 2 fully saturated rings. The Morgan fingerprint density at radius 2 is 1.65 bits per heavy atom. The van der Waals surface area contributed by atoms with Crippen molar-refractivity contribution in [1.29, 1.82) is 0 Å². The first-order valence-electron chi connectivity index (χ1n) is 11.4. The van der Waals surface area contributed by atoms with Crippen LogP contribution < -0.4 is 9.64 Å². The van der Waals surface area contributed by atoms with Gasteiger partial charge in [0, 0.05) is 43.8 Å². The van der Waals surface area contributed by atoms with Crippen molar-refractivity contribution in [3.63, 3.8) is 0 Å². The number of ether oxygens (including phenoxy) is 1. The van der Waals surface area contributed by atoms with Crippen molar-refractivity contribution in [3.8, 4) is 5.88 Å². The lowest BCUT2D eigenvalue weighted by atomic mass is 9.82. The molecule has 3 aromatic heterocycles. The maximum absolute atomic E-state index is 13.3. The van der Waals surface area contributed by atoms with Crippen LogP contribution in [0.15, 0.2) is 30.7 Å². The number of alkyl halides is 8. The zero-order valence-corrected chi connectivity index (χ0v) is 19.0. The fourth-order valence-corrected chi connectivity index (χ4v) is 5.13. The molecule has 37 heavy (non-hydrogen) atoms. The molecule has 7 nitrogen and oxygen atoms in total. The molecular formula is C22H20F8N6O. The standard InChI is InChI=1S/C22H20F8N6O/c23-20(24,22(28,29)30)11-37-19-18-33-17(34-36(18)6-5-32-19)8-15-12-1-2-13(15)10-35(9-12)14-3-4-31-16(7-14)21(25,26)27/h3-7,12-13,15H,1-2,8-11H2/t12-,13+,15?. The van der Waals surface area contributed by atoms with Crippen molar-refractivity contribution in [2.45, 2.75) is 37.5 Å². The van der Waals surface area contributed by atoms with Gasteiger partial charge in [-0.2, -0.15) is 40.2 Å². The van der Waals surface area contributed by atoms with Gasteiger partial charge in [-0.15, -0.1) is 0 Å². The van der Waals surface area contributed by atoms with E-state index >= 15 is 0 Å². The highest BCUT2D eigenvalue weighted by atomic mass is 19.4. The maximum atomic E-state index is 13.3. The smallest absolute Gasteiger partial charge is 0.456 e. The fourth-order valence-electron chi connectivity index (χ4n) is 5.13. The van der Waals surface area contributed by atoms with Gasteiger partial charge < -0.3 is 9.64 Å². The van der Waals surface area contributed by atoms with Crippen LogP contribution in [0.25, 0.3) is 5.65 Å². The summed E-state index contributed by atoms with van der Waals surface area (Å²) in [6, 6.07) is 2.59. The Labute approximate surface area is 204 Å². The van der Waals surface area contributed by atoms with E-state index in [1.165, 1.54) is 10.7 Å². The van der Waals surface area contributed by atoms with Crippen LogP contribution >= 0.6 is 0 Å². The van der Waals surface area contributed by atoms with Crippen molar-refractivity contribution in [2.24, 2.45) is 17.8 Å². The number of hydrogen-bond donors (Lipinski definition) is 0. The molecule has 0 N–H and O–H groups in total. The van der Waals surface area contributed by atoms with Gasteiger partial charge in [0.05, 0.1) is 0 Å². The third-order valence-corrected chi connectivity index (χ3v) is 6.92. The molecule has 3 aromatic rings. The molecule has 2 aliphatic rings. The predicted molar refractivity (Wildman–Crippen MR) is 112 cm³/mol. The second-order valence-corrected chi connectivity index (χ2v) is 9.29. The molecule has 0 radical (unpaired) electrons. The minimum atomic E-state index is -5.77. The van der Waals surface area contributed by atoms with Crippen LogP contribution in [0.2, 0.25) is 0 Å². The summed E-state index contributed by atoms with van der Waals surface area (Å²) in [6.07, 6.45) is -4.48. The number of piperidine rings is 1. The molecule has 3 atom stereocenters. The molecule has 0 spiro atoms. The molecule has 4 heterocycles. The molecule has 200 valence electrons. The zero-order chi connectivity index (χ0) is 26.6. The second kappa shape index (κ2) is 8.94. The van der Waals surface area contributed by atoms with Gasteiger partial charge in [0.1, 0.15) is 5.69 Å². The van der Waals surface area contributed by atoms with Gasteiger partial charge in [0.15, 0.2) is 12.4 Å². The largest absolute Gasteiger partial charge is 0.468 e. The van der Waals surface area contributed by atoms with Gasteiger partial charge in [-0.1, -0.05) is 0 Å². The summed E-state index contributed by atoms with van der Waals surface area (Å²) < 4.78 is 109. The van der Waals surface area contributed by atoms with Crippen LogP contribution in [-0.4, -0.2) is 56.4 Å². The molecular weight excluding hydrogens is 516 g/mol. The number of fused-ring (bicyclic) bond motifs is 3. The highest BCUT2D eigenvalue weighted by Gasteiger charge is 2.58. The van der Waals surface area contributed by atoms with Gasteiger partial charge >= 0.3 is 18.3 Å². The van der Waals surface area contributed by atoms with Gasteiger partial charge in [-0.25, -0.2) is 14.5 Å². The number of halogens is 8. The average molecular weight is 536 g/mol. The Morgan fingerprint density at radius 3 is 2.30 bits per heavy atom. The van der Waals surface area contributed by atoms with Crippen molar-refractivity contribution in [2.75, 3.05) is 24.6 Å². The molecule has 0 amide bonds. The van der Waals surface area contributed by atoms with Gasteiger partial charge in [0.25, 0.3) is 5.88 Å². The Kier molecular flexibility index (Phi) is 6.14. The molecule has 1 saturated carbocycles. The number of pyridine rings is 1. The van der Waals surface area contributed by atoms with Crippen LogP contribution in [0.5, 0.6) is 5.88 Å². The van der Waals surface area contributed by atoms with E-state index in [0.717, 1.165) is 31.3 Å². The number of nitrogens with zero attached hydrogens (tertiary/aromatic N) is 6. The van der Waals surface area contributed by atoms with Gasteiger partial charge in [0.2, 0.25) is 5.65 Å². The first-order valence-corrected chi connectivity index (χ1v) is 11.4. The van der Waals surface area contributed by atoms with Crippen LogP contribution in [0, 0.1) is 17.8 Å². The highest BCUT2D eigenvalue weighted by Crippen LogP contribution is 2.45. The number of anilines is 1. The quantitative estimate of drug-likeness (QED) is 0.421. The van der Waals surface area contributed by atoms with E-state index in [0.29, 0.717) is 31.0 Å². The lowest BCUT2D eigenvalue weighted by Crippen LogP contribution is -2.43. The number of aromatic nitrogens is 5. The zero-order valence-electron chi connectivity index (χ0n) is 19.0. The van der Waals surface area contributed by atoms with E-state index in [4.69, 9.17) is 0 Å². The van der Waals surface area contributed by atoms with Crippen LogP contribution in [0.4, 0.5) is 40.8 Å². The maximum Gasteiger partial charge on any atom is 0.456 e. The average Bonchev–Trinajstić information content (AvgIpc) is 3.32. The minimum Gasteiger partial charge on any atom is -0.468 e. The number of hydrogen-bond acceptors (Lipinski definition) is 6. The normalized spacial score (nSPS) is 22.6. The lowest BCUT2D eigenvalue weighted by Gasteiger charge is -2.39.